The standard InChI is InChI=1S/C24H26N2O5/c1-4-29-21(27)8-7-19-15(2)20-10-18-13-26(12-17-6-5-9-25-11-17)14-30-22(18)16(3)23(20)31-24(19)28/h5-6,9-11H,4,7-8,12-14H2,1-3H3. The second kappa shape index (κ2) is 8.89. The number of pyridine rings is 1. The summed E-state index contributed by atoms with van der Waals surface area (Å²) < 4.78 is 16.7. The van der Waals surface area contributed by atoms with Crippen molar-refractivity contribution in [1.29, 1.82) is 0 Å². The van der Waals surface area contributed by atoms with Gasteiger partial charge in [-0.25, -0.2) is 4.79 Å². The van der Waals surface area contributed by atoms with Crippen LogP contribution in [-0.2, 0) is 29.0 Å². The highest BCUT2D eigenvalue weighted by atomic mass is 16.5. The molecule has 1 aliphatic heterocycles. The van der Waals surface area contributed by atoms with Gasteiger partial charge in [-0.1, -0.05) is 6.07 Å². The molecular weight excluding hydrogens is 396 g/mol. The lowest BCUT2D eigenvalue weighted by atomic mass is 9.97. The fourth-order valence-corrected chi connectivity index (χ4v) is 4.09. The zero-order valence-corrected chi connectivity index (χ0v) is 18.1. The number of carbonyl (C=O) groups excluding carboxylic acids is 1. The molecule has 0 saturated carbocycles. The van der Waals surface area contributed by atoms with Crippen molar-refractivity contribution in [3.63, 3.8) is 0 Å². The first kappa shape index (κ1) is 21.1. The van der Waals surface area contributed by atoms with Gasteiger partial charge in [0.05, 0.1) is 6.61 Å². The molecule has 0 spiro atoms. The summed E-state index contributed by atoms with van der Waals surface area (Å²) in [6, 6.07) is 6.01. The van der Waals surface area contributed by atoms with Gasteiger partial charge in [0.1, 0.15) is 18.1 Å². The van der Waals surface area contributed by atoms with Crippen molar-refractivity contribution in [2.75, 3.05) is 13.3 Å². The molecule has 0 N–H and O–H groups in total. The third-order valence-corrected chi connectivity index (χ3v) is 5.63. The lowest BCUT2D eigenvalue weighted by Gasteiger charge is -2.30. The summed E-state index contributed by atoms with van der Waals surface area (Å²) in [5.41, 5.74) is 4.48. The third kappa shape index (κ3) is 4.32. The number of hydrogen-bond donors (Lipinski definition) is 0. The van der Waals surface area contributed by atoms with Crippen LogP contribution < -0.4 is 10.4 Å². The van der Waals surface area contributed by atoms with Crippen LogP contribution in [0.2, 0.25) is 0 Å². The SMILES string of the molecule is CCOC(=O)CCc1c(C)c2cc3c(c(C)c2oc1=O)OCN(Cc1cccnc1)C3. The van der Waals surface area contributed by atoms with E-state index in [4.69, 9.17) is 13.9 Å². The van der Waals surface area contributed by atoms with E-state index in [0.717, 1.165) is 46.5 Å². The molecule has 0 amide bonds. The monoisotopic (exact) mass is 422 g/mol. The molecule has 0 aliphatic carbocycles. The Morgan fingerprint density at radius 3 is 2.87 bits per heavy atom. The minimum absolute atomic E-state index is 0.150. The second-order valence-corrected chi connectivity index (χ2v) is 7.79. The summed E-state index contributed by atoms with van der Waals surface area (Å²) in [5, 5.41) is 0.876. The number of ether oxygens (including phenoxy) is 2. The van der Waals surface area contributed by atoms with Crippen LogP contribution in [0.4, 0.5) is 0 Å². The molecule has 0 atom stereocenters. The van der Waals surface area contributed by atoms with E-state index in [9.17, 15) is 9.59 Å². The second-order valence-electron chi connectivity index (χ2n) is 7.79. The van der Waals surface area contributed by atoms with Crippen LogP contribution in [0.3, 0.4) is 0 Å². The van der Waals surface area contributed by atoms with Gasteiger partial charge in [0.25, 0.3) is 0 Å². The summed E-state index contributed by atoms with van der Waals surface area (Å²) in [4.78, 5) is 30.8. The van der Waals surface area contributed by atoms with Crippen molar-refractivity contribution in [3.8, 4) is 5.75 Å². The fraction of sp³-hybridized carbons (Fsp3) is 0.375. The summed E-state index contributed by atoms with van der Waals surface area (Å²) in [6.45, 7) is 7.82. The van der Waals surface area contributed by atoms with Gasteiger partial charge in [-0.3, -0.25) is 14.7 Å². The number of aryl methyl sites for hydroxylation is 2. The van der Waals surface area contributed by atoms with Gasteiger partial charge in [-0.05, 0) is 50.5 Å². The maximum absolute atomic E-state index is 12.6. The molecule has 31 heavy (non-hydrogen) atoms. The minimum Gasteiger partial charge on any atom is -0.477 e. The highest BCUT2D eigenvalue weighted by Gasteiger charge is 2.24. The van der Waals surface area contributed by atoms with E-state index in [2.05, 4.69) is 9.88 Å². The summed E-state index contributed by atoms with van der Waals surface area (Å²) >= 11 is 0. The first-order valence-electron chi connectivity index (χ1n) is 10.5. The number of esters is 1. The van der Waals surface area contributed by atoms with Crippen molar-refractivity contribution in [3.05, 3.63) is 68.8 Å². The molecule has 2 aromatic heterocycles. The van der Waals surface area contributed by atoms with Crippen molar-refractivity contribution in [1.82, 2.24) is 9.88 Å². The van der Waals surface area contributed by atoms with Crippen LogP contribution in [0, 0.1) is 13.8 Å². The minimum atomic E-state index is -0.411. The van der Waals surface area contributed by atoms with Gasteiger partial charge in [0.2, 0.25) is 0 Å². The van der Waals surface area contributed by atoms with E-state index in [1.54, 1.807) is 13.1 Å². The molecule has 1 aromatic carbocycles. The maximum Gasteiger partial charge on any atom is 0.339 e. The summed E-state index contributed by atoms with van der Waals surface area (Å²) in [7, 11) is 0. The van der Waals surface area contributed by atoms with Gasteiger partial charge in [0, 0.05) is 54.0 Å². The number of rotatable bonds is 6. The molecule has 3 heterocycles. The van der Waals surface area contributed by atoms with Gasteiger partial charge >= 0.3 is 11.6 Å². The number of hydrogen-bond acceptors (Lipinski definition) is 7. The summed E-state index contributed by atoms with van der Waals surface area (Å²) in [6.07, 6.45) is 4.06. The highest BCUT2D eigenvalue weighted by Crippen LogP contribution is 2.36. The largest absolute Gasteiger partial charge is 0.477 e. The van der Waals surface area contributed by atoms with Gasteiger partial charge in [-0.2, -0.15) is 0 Å². The maximum atomic E-state index is 12.6. The average Bonchev–Trinajstić information content (AvgIpc) is 2.75. The first-order chi connectivity index (χ1) is 15.0. The predicted octanol–water partition coefficient (Wildman–Crippen LogP) is 3.65. The van der Waals surface area contributed by atoms with E-state index in [0.29, 0.717) is 30.9 Å². The number of fused-ring (bicyclic) bond motifs is 2. The number of aromatic nitrogens is 1. The number of nitrogens with zero attached hydrogens (tertiary/aromatic N) is 2. The third-order valence-electron chi connectivity index (χ3n) is 5.63. The Morgan fingerprint density at radius 2 is 2.13 bits per heavy atom. The lowest BCUT2D eigenvalue weighted by molar-refractivity contribution is -0.143. The van der Waals surface area contributed by atoms with Crippen molar-refractivity contribution < 1.29 is 18.7 Å². The molecule has 0 radical (unpaired) electrons. The zero-order chi connectivity index (χ0) is 22.0. The Hall–Kier alpha value is -3.19. The summed E-state index contributed by atoms with van der Waals surface area (Å²) in [5.74, 6) is 0.458. The van der Waals surface area contributed by atoms with Crippen LogP contribution >= 0.6 is 0 Å². The Kier molecular flexibility index (Phi) is 6.04. The molecule has 0 saturated heterocycles. The quantitative estimate of drug-likeness (QED) is 0.443. The Balaban J connectivity index is 1.66. The van der Waals surface area contributed by atoms with E-state index < -0.39 is 5.63 Å². The molecule has 0 unspecified atom stereocenters. The van der Waals surface area contributed by atoms with Crippen LogP contribution in [-0.4, -0.2) is 29.2 Å². The van der Waals surface area contributed by atoms with Gasteiger partial charge in [-0.15, -0.1) is 0 Å². The molecule has 7 heteroatoms. The molecule has 0 fully saturated rings. The smallest absolute Gasteiger partial charge is 0.339 e. The fourth-order valence-electron chi connectivity index (χ4n) is 4.09. The van der Waals surface area contributed by atoms with E-state index >= 15 is 0 Å². The first-order valence-corrected chi connectivity index (χ1v) is 10.5. The van der Waals surface area contributed by atoms with Crippen molar-refractivity contribution in [2.45, 2.75) is 46.7 Å². The normalized spacial score (nSPS) is 13.6. The van der Waals surface area contributed by atoms with Crippen LogP contribution in [0.1, 0.15) is 41.2 Å². The van der Waals surface area contributed by atoms with Crippen LogP contribution in [0.25, 0.3) is 11.0 Å². The Bertz CT molecular complexity index is 1170. The molecule has 3 aromatic rings. The lowest BCUT2D eigenvalue weighted by Crippen LogP contribution is -2.32. The molecule has 7 nitrogen and oxygen atoms in total. The Labute approximate surface area is 180 Å². The van der Waals surface area contributed by atoms with Crippen LogP contribution in [0.15, 0.2) is 39.8 Å². The van der Waals surface area contributed by atoms with Gasteiger partial charge in [0.15, 0.2) is 0 Å². The van der Waals surface area contributed by atoms with Crippen molar-refractivity contribution in [2.24, 2.45) is 0 Å². The zero-order valence-electron chi connectivity index (χ0n) is 18.1. The highest BCUT2D eigenvalue weighted by molar-refractivity contribution is 5.87. The Morgan fingerprint density at radius 1 is 1.29 bits per heavy atom. The van der Waals surface area contributed by atoms with Crippen molar-refractivity contribution >= 4 is 16.9 Å². The van der Waals surface area contributed by atoms with Crippen LogP contribution in [0.5, 0.6) is 5.75 Å². The van der Waals surface area contributed by atoms with E-state index in [1.807, 2.05) is 38.2 Å². The molecule has 162 valence electrons. The number of benzene rings is 1. The van der Waals surface area contributed by atoms with E-state index in [-0.39, 0.29) is 12.4 Å². The molecule has 4 rings (SSSR count). The molecule has 1 aliphatic rings. The van der Waals surface area contributed by atoms with E-state index in [1.165, 1.54) is 0 Å². The predicted molar refractivity (Wildman–Crippen MR) is 116 cm³/mol. The number of carbonyl (C=O) groups is 1. The molecule has 0 bridgehead atoms. The average molecular weight is 422 g/mol. The topological polar surface area (TPSA) is 81.9 Å². The molecular formula is C24H26N2O5. The van der Waals surface area contributed by atoms with Gasteiger partial charge < -0.3 is 13.9 Å².